The normalized spacial score (nSPS) is 16.1. The van der Waals surface area contributed by atoms with Gasteiger partial charge in [0.05, 0.1) is 12.6 Å². The second-order valence-electron chi connectivity index (χ2n) is 7.99. The van der Waals surface area contributed by atoms with Crippen LogP contribution in [0.25, 0.3) is 10.9 Å². The fourth-order valence-electron chi connectivity index (χ4n) is 4.24. The second-order valence-corrected chi connectivity index (χ2v) is 7.99. The predicted molar refractivity (Wildman–Crippen MR) is 120 cm³/mol. The van der Waals surface area contributed by atoms with Gasteiger partial charge in [0.1, 0.15) is 6.04 Å². The molecule has 8 heteroatoms. The smallest absolute Gasteiger partial charge is 0.326 e. The molecule has 0 saturated heterocycles. The molecule has 166 valence electrons. The van der Waals surface area contributed by atoms with Crippen LogP contribution in [0.3, 0.4) is 0 Å². The van der Waals surface area contributed by atoms with Crippen LogP contribution in [-0.2, 0) is 22.4 Å². The van der Waals surface area contributed by atoms with E-state index >= 15 is 0 Å². The van der Waals surface area contributed by atoms with Crippen LogP contribution < -0.4 is 16.0 Å². The molecule has 5 N–H and O–H groups in total. The van der Waals surface area contributed by atoms with Gasteiger partial charge in [0, 0.05) is 23.5 Å². The first kappa shape index (κ1) is 21.4. The van der Waals surface area contributed by atoms with E-state index in [2.05, 4.69) is 27.0 Å². The lowest BCUT2D eigenvalue weighted by Crippen LogP contribution is -2.49. The molecule has 0 spiro atoms. The first-order chi connectivity index (χ1) is 15.5. The fraction of sp³-hybridized carbons (Fsp3) is 0.292. The molecule has 1 aliphatic rings. The number of amides is 3. The number of aromatic amines is 1. The number of carboxylic acid groups (broad SMARTS) is 1. The number of para-hydroxylation sites is 1. The van der Waals surface area contributed by atoms with Gasteiger partial charge in [-0.1, -0.05) is 42.5 Å². The van der Waals surface area contributed by atoms with E-state index in [1.54, 1.807) is 6.20 Å². The predicted octanol–water partition coefficient (Wildman–Crippen LogP) is 2.66. The van der Waals surface area contributed by atoms with Gasteiger partial charge in [-0.2, -0.15) is 0 Å². The molecule has 8 nitrogen and oxygen atoms in total. The van der Waals surface area contributed by atoms with Gasteiger partial charge in [0.15, 0.2) is 0 Å². The van der Waals surface area contributed by atoms with Gasteiger partial charge in [0.25, 0.3) is 0 Å². The lowest BCUT2D eigenvalue weighted by Gasteiger charge is -2.26. The summed E-state index contributed by atoms with van der Waals surface area (Å²) in [4.78, 5) is 39.4. The Morgan fingerprint density at radius 3 is 2.72 bits per heavy atom. The van der Waals surface area contributed by atoms with Crippen LogP contribution in [0.5, 0.6) is 0 Å². The van der Waals surface area contributed by atoms with Crippen molar-refractivity contribution in [1.29, 1.82) is 0 Å². The van der Waals surface area contributed by atoms with Gasteiger partial charge in [0.2, 0.25) is 5.91 Å². The van der Waals surface area contributed by atoms with E-state index in [0.717, 1.165) is 41.3 Å². The van der Waals surface area contributed by atoms with E-state index in [0.29, 0.717) is 0 Å². The standard InChI is InChI=1S/C24H26N4O4/c29-22(27-20-11-5-7-15-6-1-2-8-17(15)20)14-26-24(32)28-21(23(30)31)12-16-13-25-19-10-4-3-9-18(16)19/h1-4,6,8-10,13,20-21,25H,5,7,11-12,14H2,(H,27,29)(H,30,31)(H2,26,28,32)/t20-,21-/m1/s1. The summed E-state index contributed by atoms with van der Waals surface area (Å²) in [5, 5.41) is 18.3. The van der Waals surface area contributed by atoms with Crippen molar-refractivity contribution in [3.63, 3.8) is 0 Å². The number of hydrogen-bond donors (Lipinski definition) is 5. The lowest BCUT2D eigenvalue weighted by molar-refractivity contribution is -0.139. The summed E-state index contributed by atoms with van der Waals surface area (Å²) in [6, 6.07) is 13.7. The number of H-pyrrole nitrogens is 1. The maximum Gasteiger partial charge on any atom is 0.326 e. The molecular formula is C24H26N4O4. The van der Waals surface area contributed by atoms with E-state index in [-0.39, 0.29) is 24.9 Å². The summed E-state index contributed by atoms with van der Waals surface area (Å²) in [6.07, 6.45) is 4.70. The van der Waals surface area contributed by atoms with Crippen LogP contribution in [0, 0.1) is 0 Å². The lowest BCUT2D eigenvalue weighted by atomic mass is 9.88. The van der Waals surface area contributed by atoms with Gasteiger partial charge >= 0.3 is 12.0 Å². The number of rotatable bonds is 7. The van der Waals surface area contributed by atoms with E-state index in [9.17, 15) is 19.5 Å². The largest absolute Gasteiger partial charge is 0.480 e. The number of nitrogens with one attached hydrogen (secondary N) is 4. The molecule has 1 heterocycles. The van der Waals surface area contributed by atoms with Gasteiger partial charge in [-0.25, -0.2) is 9.59 Å². The summed E-state index contributed by atoms with van der Waals surface area (Å²) < 4.78 is 0. The van der Waals surface area contributed by atoms with Crippen molar-refractivity contribution < 1.29 is 19.5 Å². The van der Waals surface area contributed by atoms with Crippen LogP contribution >= 0.6 is 0 Å². The third kappa shape index (κ3) is 4.91. The van der Waals surface area contributed by atoms with Gasteiger partial charge in [-0.15, -0.1) is 0 Å². The quantitative estimate of drug-likeness (QED) is 0.392. The van der Waals surface area contributed by atoms with E-state index in [1.165, 1.54) is 5.56 Å². The molecule has 0 radical (unpaired) electrons. The average molecular weight is 434 g/mol. The number of hydrogen-bond acceptors (Lipinski definition) is 3. The Labute approximate surface area is 185 Å². The highest BCUT2D eigenvalue weighted by molar-refractivity contribution is 5.88. The summed E-state index contributed by atoms with van der Waals surface area (Å²) in [5.41, 5.74) is 4.04. The van der Waals surface area contributed by atoms with Crippen LogP contribution in [-0.4, -0.2) is 40.6 Å². The third-order valence-electron chi connectivity index (χ3n) is 5.82. The molecule has 2 atom stereocenters. The molecule has 0 fully saturated rings. The first-order valence-electron chi connectivity index (χ1n) is 10.7. The number of carbonyl (C=O) groups excluding carboxylic acids is 2. The van der Waals surface area contributed by atoms with Crippen molar-refractivity contribution in [1.82, 2.24) is 20.9 Å². The molecule has 3 amide bonds. The van der Waals surface area contributed by atoms with E-state index in [1.807, 2.05) is 42.5 Å². The number of urea groups is 1. The van der Waals surface area contributed by atoms with Crippen molar-refractivity contribution >= 4 is 28.8 Å². The van der Waals surface area contributed by atoms with E-state index in [4.69, 9.17) is 0 Å². The fourth-order valence-corrected chi connectivity index (χ4v) is 4.24. The van der Waals surface area contributed by atoms with Gasteiger partial charge < -0.3 is 26.0 Å². The first-order valence-corrected chi connectivity index (χ1v) is 10.7. The Morgan fingerprint density at radius 2 is 1.88 bits per heavy atom. The maximum atomic E-state index is 12.4. The topological polar surface area (TPSA) is 123 Å². The molecule has 0 saturated carbocycles. The monoisotopic (exact) mass is 434 g/mol. The van der Waals surface area contributed by atoms with Crippen molar-refractivity contribution in [2.75, 3.05) is 6.54 Å². The zero-order chi connectivity index (χ0) is 22.5. The van der Waals surface area contributed by atoms with E-state index < -0.39 is 18.0 Å². The Bertz CT molecular complexity index is 1140. The number of benzene rings is 2. The van der Waals surface area contributed by atoms with Crippen LogP contribution in [0.15, 0.2) is 54.7 Å². The molecular weight excluding hydrogens is 408 g/mol. The zero-order valence-electron chi connectivity index (χ0n) is 17.6. The van der Waals surface area contributed by atoms with Gasteiger partial charge in [-0.3, -0.25) is 4.79 Å². The third-order valence-corrected chi connectivity index (χ3v) is 5.82. The Balaban J connectivity index is 1.30. The maximum absolute atomic E-state index is 12.4. The Kier molecular flexibility index (Phi) is 6.39. The summed E-state index contributed by atoms with van der Waals surface area (Å²) in [7, 11) is 0. The Hall–Kier alpha value is -3.81. The number of fused-ring (bicyclic) bond motifs is 2. The molecule has 4 rings (SSSR count). The minimum Gasteiger partial charge on any atom is -0.480 e. The second kappa shape index (κ2) is 9.55. The molecule has 1 aromatic heterocycles. The number of aromatic nitrogens is 1. The summed E-state index contributed by atoms with van der Waals surface area (Å²) in [6.45, 7) is -0.232. The molecule has 2 aromatic carbocycles. The molecule has 0 unspecified atom stereocenters. The highest BCUT2D eigenvalue weighted by Crippen LogP contribution is 2.29. The molecule has 1 aliphatic carbocycles. The number of aliphatic carboxylic acids is 1. The molecule has 0 bridgehead atoms. The minimum atomic E-state index is -1.14. The number of carboxylic acids is 1. The zero-order valence-corrected chi connectivity index (χ0v) is 17.6. The highest BCUT2D eigenvalue weighted by atomic mass is 16.4. The Morgan fingerprint density at radius 1 is 1.09 bits per heavy atom. The summed E-state index contributed by atoms with van der Waals surface area (Å²) >= 11 is 0. The van der Waals surface area contributed by atoms with Gasteiger partial charge in [-0.05, 0) is 42.0 Å². The van der Waals surface area contributed by atoms with Crippen molar-refractivity contribution in [2.45, 2.75) is 37.8 Å². The van der Waals surface area contributed by atoms with Crippen molar-refractivity contribution in [3.8, 4) is 0 Å². The van der Waals surface area contributed by atoms with Crippen molar-refractivity contribution in [2.24, 2.45) is 0 Å². The SMILES string of the molecule is O=C(CNC(=O)N[C@H](Cc1c[nH]c2ccccc12)C(=O)O)N[C@@H]1CCCc2ccccc21. The van der Waals surface area contributed by atoms with Crippen LogP contribution in [0.1, 0.15) is 35.6 Å². The minimum absolute atomic E-state index is 0.0778. The average Bonchev–Trinajstić information content (AvgIpc) is 3.20. The summed E-state index contributed by atoms with van der Waals surface area (Å²) in [5.74, 6) is -1.46. The number of aryl methyl sites for hydroxylation is 1. The van der Waals surface area contributed by atoms with Crippen LogP contribution in [0.4, 0.5) is 4.79 Å². The molecule has 32 heavy (non-hydrogen) atoms. The number of carbonyl (C=O) groups is 3. The molecule has 0 aliphatic heterocycles. The van der Waals surface area contributed by atoms with Crippen LogP contribution in [0.2, 0.25) is 0 Å². The molecule has 3 aromatic rings. The highest BCUT2D eigenvalue weighted by Gasteiger charge is 2.24. The van der Waals surface area contributed by atoms with Crippen molar-refractivity contribution in [3.05, 3.63) is 71.4 Å².